The Morgan fingerprint density at radius 3 is 1.30 bits per heavy atom. The van der Waals surface area contributed by atoms with E-state index in [1.165, 1.54) is 116 Å². The summed E-state index contributed by atoms with van der Waals surface area (Å²) in [6.07, 6.45) is 14.2. The summed E-state index contributed by atoms with van der Waals surface area (Å²) in [6, 6.07) is 23.6. The molecule has 0 nitrogen and oxygen atoms in total. The highest BCUT2D eigenvalue weighted by atomic mass is 32.1. The molecule has 0 aliphatic rings. The molecule has 0 bridgehead atoms. The van der Waals surface area contributed by atoms with Crippen LogP contribution in [0.4, 0.5) is 0 Å². The van der Waals surface area contributed by atoms with Crippen molar-refractivity contribution in [1.82, 2.24) is 0 Å². The van der Waals surface area contributed by atoms with Gasteiger partial charge in [0.05, 0.1) is 0 Å². The van der Waals surface area contributed by atoms with Crippen molar-refractivity contribution in [1.29, 1.82) is 0 Å². The van der Waals surface area contributed by atoms with Crippen LogP contribution in [0.3, 0.4) is 0 Å². The Hall–Kier alpha value is -3.78. The van der Waals surface area contributed by atoms with Gasteiger partial charge in [-0.05, 0) is 116 Å². The molecule has 0 saturated heterocycles. The van der Waals surface area contributed by atoms with Gasteiger partial charge in [-0.15, -0.1) is 34.0 Å². The lowest BCUT2D eigenvalue weighted by Gasteiger charge is -2.00. The van der Waals surface area contributed by atoms with Gasteiger partial charge in [0.1, 0.15) is 0 Å². The van der Waals surface area contributed by atoms with Crippen molar-refractivity contribution >= 4 is 34.0 Å². The van der Waals surface area contributed by atoms with Crippen molar-refractivity contribution in [2.75, 3.05) is 0 Å². The van der Waals surface area contributed by atoms with Crippen LogP contribution in [0.1, 0.15) is 146 Å². The van der Waals surface area contributed by atoms with Gasteiger partial charge >= 0.3 is 0 Å². The summed E-state index contributed by atoms with van der Waals surface area (Å²) in [5.41, 5.74) is 8.43. The third kappa shape index (κ3) is 17.3. The summed E-state index contributed by atoms with van der Waals surface area (Å²) in [6.45, 7) is 19.4. The molecule has 0 fully saturated rings. The number of unbranched alkanes of at least 4 members (excludes halogenated alkanes) is 8. The maximum atomic E-state index is 3.30. The molecule has 0 N–H and O–H groups in total. The largest absolute Gasteiger partial charge is 0.145 e. The van der Waals surface area contributed by atoms with Crippen molar-refractivity contribution in [3.05, 3.63) is 135 Å². The van der Waals surface area contributed by atoms with E-state index in [1.54, 1.807) is 11.3 Å². The number of hydrogen-bond acceptors (Lipinski definition) is 3. The zero-order valence-electron chi connectivity index (χ0n) is 33.9. The highest BCUT2D eigenvalue weighted by molar-refractivity contribution is 7.12. The topological polar surface area (TPSA) is 0 Å². The zero-order chi connectivity index (χ0) is 38.4. The molecule has 2 aromatic carbocycles. The molecule has 3 heteroatoms. The fourth-order valence-corrected chi connectivity index (χ4v) is 8.30. The highest BCUT2D eigenvalue weighted by Gasteiger charge is 2.01. The van der Waals surface area contributed by atoms with Gasteiger partial charge in [0.15, 0.2) is 0 Å². The lowest BCUT2D eigenvalue weighted by Crippen LogP contribution is -1.85. The molecule has 0 aliphatic carbocycles. The Morgan fingerprint density at radius 2 is 0.849 bits per heavy atom. The van der Waals surface area contributed by atoms with Crippen LogP contribution in [0.2, 0.25) is 0 Å². The second-order valence-corrected chi connectivity index (χ2v) is 18.2. The van der Waals surface area contributed by atoms with E-state index in [0.717, 1.165) is 23.1 Å². The molecule has 0 unspecified atom stereocenters. The normalized spacial score (nSPS) is 9.98. The van der Waals surface area contributed by atoms with Crippen molar-refractivity contribution in [2.45, 2.75) is 133 Å². The van der Waals surface area contributed by atoms with E-state index in [0.29, 0.717) is 0 Å². The van der Waals surface area contributed by atoms with E-state index in [9.17, 15) is 0 Å². The van der Waals surface area contributed by atoms with Crippen molar-refractivity contribution < 1.29 is 0 Å². The molecule has 53 heavy (non-hydrogen) atoms. The van der Waals surface area contributed by atoms with Gasteiger partial charge in [0.25, 0.3) is 0 Å². The second-order valence-electron chi connectivity index (χ2n) is 13.8. The summed E-state index contributed by atoms with van der Waals surface area (Å²) in [4.78, 5) is 8.00. The first-order chi connectivity index (χ1) is 25.6. The fraction of sp³-hybridized carbons (Fsp3) is 0.400. The van der Waals surface area contributed by atoms with E-state index in [2.05, 4.69) is 165 Å². The molecular weight excluding hydrogens is 697 g/mol. The van der Waals surface area contributed by atoms with Crippen LogP contribution in [0, 0.1) is 84.0 Å². The van der Waals surface area contributed by atoms with Gasteiger partial charge in [0, 0.05) is 63.5 Å². The van der Waals surface area contributed by atoms with Gasteiger partial charge in [-0.3, -0.25) is 0 Å². The summed E-state index contributed by atoms with van der Waals surface area (Å²) in [5, 5.41) is 0. The summed E-state index contributed by atoms with van der Waals surface area (Å²) < 4.78 is 0. The molecule has 3 aromatic heterocycles. The molecular formula is C50H60S3. The third-order valence-corrected chi connectivity index (χ3v) is 11.7. The van der Waals surface area contributed by atoms with E-state index in [1.807, 2.05) is 22.7 Å². The zero-order valence-corrected chi connectivity index (χ0v) is 36.3. The number of thiophene rings is 3. The SMILES string of the molecule is CCCCCCCCC#Cc1cc(C)sc1C.CCCCCc1ccc(C#Cc2cc(C)sc2C)cc1.Cc1ccc(C#Cc2cc(C)sc2C)cc1. The molecule has 0 saturated carbocycles. The molecule has 0 amide bonds. The minimum absolute atomic E-state index is 1.06. The minimum atomic E-state index is 1.06. The molecule has 0 spiro atoms. The van der Waals surface area contributed by atoms with Crippen LogP contribution in [0.15, 0.2) is 66.7 Å². The monoisotopic (exact) mass is 756 g/mol. The molecule has 5 rings (SSSR count). The number of benzene rings is 2. The average molecular weight is 757 g/mol. The number of hydrogen-bond donors (Lipinski definition) is 0. The van der Waals surface area contributed by atoms with Gasteiger partial charge < -0.3 is 0 Å². The Morgan fingerprint density at radius 1 is 0.434 bits per heavy atom. The Labute approximate surface area is 335 Å². The van der Waals surface area contributed by atoms with E-state index < -0.39 is 0 Å². The average Bonchev–Trinajstić information content (AvgIpc) is 3.77. The smallest absolute Gasteiger partial charge is 0.0388 e. The Kier molecular flexibility index (Phi) is 20.2. The summed E-state index contributed by atoms with van der Waals surface area (Å²) >= 11 is 5.46. The van der Waals surface area contributed by atoms with Gasteiger partial charge in [-0.1, -0.05) is 124 Å². The summed E-state index contributed by atoms with van der Waals surface area (Å²) in [7, 11) is 0. The first-order valence-electron chi connectivity index (χ1n) is 19.5. The number of rotatable bonds is 10. The van der Waals surface area contributed by atoms with Crippen LogP contribution in [-0.4, -0.2) is 0 Å². The molecule has 0 radical (unpaired) electrons. The van der Waals surface area contributed by atoms with Crippen LogP contribution in [-0.2, 0) is 6.42 Å². The lowest BCUT2D eigenvalue weighted by molar-refractivity contribution is 0.614. The predicted octanol–water partition coefficient (Wildman–Crippen LogP) is 15.0. The molecule has 3 heterocycles. The van der Waals surface area contributed by atoms with Gasteiger partial charge in [-0.25, -0.2) is 0 Å². The van der Waals surface area contributed by atoms with Crippen LogP contribution >= 0.6 is 34.0 Å². The highest BCUT2D eigenvalue weighted by Crippen LogP contribution is 2.21. The maximum Gasteiger partial charge on any atom is 0.0388 e. The fourth-order valence-electron chi connectivity index (χ4n) is 5.67. The molecule has 5 aromatic rings. The lowest BCUT2D eigenvalue weighted by atomic mass is 10.1. The van der Waals surface area contributed by atoms with Crippen LogP contribution in [0.25, 0.3) is 0 Å². The van der Waals surface area contributed by atoms with Gasteiger partial charge in [-0.2, -0.15) is 0 Å². The van der Waals surface area contributed by atoms with Crippen molar-refractivity contribution in [3.8, 4) is 35.5 Å². The Bertz CT molecular complexity index is 1990. The first-order valence-corrected chi connectivity index (χ1v) is 21.9. The third-order valence-electron chi connectivity index (χ3n) is 8.76. The standard InChI is InChI=1S/C19H22S.C16H24S.C15H14S/c1-4-5-6-7-17-8-10-18(11-9-17)12-13-19-14-15(2)20-16(19)3;1-4-5-6-7-8-9-10-11-12-16-13-14(2)17-15(16)3;1-11-4-6-14(7-5-11)8-9-15-10-12(2)16-13(15)3/h8-11,14H,4-7H2,1-3H3;13H,4-10H2,1-3H3;4-7,10H,1-3H3. The van der Waals surface area contributed by atoms with Crippen molar-refractivity contribution in [2.24, 2.45) is 0 Å². The molecule has 0 aliphatic heterocycles. The van der Waals surface area contributed by atoms with Crippen molar-refractivity contribution in [3.63, 3.8) is 0 Å². The predicted molar refractivity (Wildman–Crippen MR) is 239 cm³/mol. The van der Waals surface area contributed by atoms with Crippen LogP contribution < -0.4 is 0 Å². The molecule has 278 valence electrons. The second kappa shape index (κ2) is 24.5. The van der Waals surface area contributed by atoms with E-state index in [4.69, 9.17) is 0 Å². The minimum Gasteiger partial charge on any atom is -0.145 e. The number of aryl methyl sites for hydroxylation is 8. The van der Waals surface area contributed by atoms with Crippen LogP contribution in [0.5, 0.6) is 0 Å². The summed E-state index contributed by atoms with van der Waals surface area (Å²) in [5.74, 6) is 19.6. The first kappa shape index (κ1) is 43.6. The quantitative estimate of drug-likeness (QED) is 0.0983. The van der Waals surface area contributed by atoms with E-state index >= 15 is 0 Å². The Balaban J connectivity index is 0.000000216. The van der Waals surface area contributed by atoms with E-state index in [-0.39, 0.29) is 0 Å². The molecule has 0 atom stereocenters. The van der Waals surface area contributed by atoms with Gasteiger partial charge in [0.2, 0.25) is 0 Å². The maximum absolute atomic E-state index is 3.30.